The van der Waals surface area contributed by atoms with Crippen LogP contribution in [0.1, 0.15) is 23.2 Å². The third-order valence-corrected chi connectivity index (χ3v) is 3.11. The summed E-state index contributed by atoms with van der Waals surface area (Å²) in [7, 11) is 0. The Hall–Kier alpha value is -1.81. The molecule has 1 heterocycles. The molecule has 2 rings (SSSR count). The number of anilines is 1. The van der Waals surface area contributed by atoms with E-state index in [4.69, 9.17) is 4.74 Å². The van der Waals surface area contributed by atoms with Crippen LogP contribution >= 0.6 is 0 Å². The first-order valence-electron chi connectivity index (χ1n) is 6.64. The average Bonchev–Trinajstić information content (AvgIpc) is 2.96. The van der Waals surface area contributed by atoms with Crippen LogP contribution in [0.3, 0.4) is 0 Å². The van der Waals surface area contributed by atoms with E-state index < -0.39 is 0 Å². The van der Waals surface area contributed by atoms with E-state index in [9.17, 15) is 4.79 Å². The highest BCUT2D eigenvalue weighted by molar-refractivity contribution is 5.94. The van der Waals surface area contributed by atoms with E-state index in [1.165, 1.54) is 0 Å². The predicted octanol–water partition coefficient (Wildman–Crippen LogP) is 2.19. The summed E-state index contributed by atoms with van der Waals surface area (Å²) in [5.41, 5.74) is 1.67. The van der Waals surface area contributed by atoms with E-state index in [-0.39, 0.29) is 5.91 Å². The Morgan fingerprint density at radius 2 is 2.21 bits per heavy atom. The average molecular weight is 260 g/mol. The number of rotatable bonds is 6. The number of carbonyl (C=O) groups is 1. The Labute approximate surface area is 113 Å². The van der Waals surface area contributed by atoms with Gasteiger partial charge in [-0.05, 0) is 37.1 Å². The van der Waals surface area contributed by atoms with Gasteiger partial charge in [0, 0.05) is 30.9 Å². The quantitative estimate of drug-likeness (QED) is 0.771. The number of hydrogen-bond acceptors (Lipinski definition) is 3. The standard InChI is InChI=1S/C15H20N2O2/c1-2-9-16-15(18)12-5-7-13(8-6-12)17-11-14-4-3-10-19-14/h2,5-8,14,17H,1,3-4,9-11H2,(H,16,18). The van der Waals surface area contributed by atoms with Gasteiger partial charge in [-0.1, -0.05) is 6.08 Å². The van der Waals surface area contributed by atoms with Gasteiger partial charge < -0.3 is 15.4 Å². The SMILES string of the molecule is C=CCNC(=O)c1ccc(NCC2CCCO2)cc1. The molecule has 2 N–H and O–H groups in total. The van der Waals surface area contributed by atoms with Crippen molar-refractivity contribution >= 4 is 11.6 Å². The van der Waals surface area contributed by atoms with Gasteiger partial charge in [0.1, 0.15) is 0 Å². The van der Waals surface area contributed by atoms with Gasteiger partial charge in [-0.15, -0.1) is 6.58 Å². The minimum absolute atomic E-state index is 0.0782. The van der Waals surface area contributed by atoms with Crippen LogP contribution in [-0.2, 0) is 4.74 Å². The smallest absolute Gasteiger partial charge is 0.251 e. The molecular formula is C15H20N2O2. The normalized spacial score (nSPS) is 18.0. The lowest BCUT2D eigenvalue weighted by Gasteiger charge is -2.12. The van der Waals surface area contributed by atoms with Crippen molar-refractivity contribution in [1.82, 2.24) is 5.32 Å². The highest BCUT2D eigenvalue weighted by Gasteiger charge is 2.14. The molecule has 0 bridgehead atoms. The van der Waals surface area contributed by atoms with Crippen molar-refractivity contribution in [3.8, 4) is 0 Å². The molecule has 4 heteroatoms. The van der Waals surface area contributed by atoms with Crippen LogP contribution in [0.5, 0.6) is 0 Å². The summed E-state index contributed by atoms with van der Waals surface area (Å²) < 4.78 is 5.54. The third-order valence-electron chi connectivity index (χ3n) is 3.11. The van der Waals surface area contributed by atoms with E-state index in [1.807, 2.05) is 24.3 Å². The molecule has 0 aromatic heterocycles. The maximum Gasteiger partial charge on any atom is 0.251 e. The van der Waals surface area contributed by atoms with Gasteiger partial charge in [0.15, 0.2) is 0 Å². The number of carbonyl (C=O) groups excluding carboxylic acids is 1. The molecule has 1 unspecified atom stereocenters. The topological polar surface area (TPSA) is 50.4 Å². The second-order valence-corrected chi connectivity index (χ2v) is 4.59. The van der Waals surface area contributed by atoms with Gasteiger partial charge in [0.05, 0.1) is 6.10 Å². The molecule has 1 atom stereocenters. The molecule has 1 saturated heterocycles. The molecule has 0 radical (unpaired) electrons. The fourth-order valence-electron chi connectivity index (χ4n) is 2.04. The molecule has 4 nitrogen and oxygen atoms in total. The Morgan fingerprint density at radius 1 is 1.42 bits per heavy atom. The van der Waals surface area contributed by atoms with Crippen molar-refractivity contribution in [1.29, 1.82) is 0 Å². The van der Waals surface area contributed by atoms with E-state index in [0.717, 1.165) is 31.7 Å². The van der Waals surface area contributed by atoms with Crippen LogP contribution < -0.4 is 10.6 Å². The zero-order valence-corrected chi connectivity index (χ0v) is 11.0. The first-order chi connectivity index (χ1) is 9.29. The zero-order chi connectivity index (χ0) is 13.5. The van der Waals surface area contributed by atoms with Crippen molar-refractivity contribution in [3.05, 3.63) is 42.5 Å². The van der Waals surface area contributed by atoms with Crippen LogP contribution in [0.15, 0.2) is 36.9 Å². The zero-order valence-electron chi connectivity index (χ0n) is 11.0. The summed E-state index contributed by atoms with van der Waals surface area (Å²) >= 11 is 0. The van der Waals surface area contributed by atoms with Crippen LogP contribution in [-0.4, -0.2) is 31.7 Å². The first kappa shape index (κ1) is 13.6. The first-order valence-corrected chi connectivity index (χ1v) is 6.64. The Balaban J connectivity index is 1.83. The maximum atomic E-state index is 11.7. The lowest BCUT2D eigenvalue weighted by molar-refractivity contribution is 0.0958. The van der Waals surface area contributed by atoms with Gasteiger partial charge in [-0.25, -0.2) is 0 Å². The number of benzene rings is 1. The highest BCUT2D eigenvalue weighted by Crippen LogP contribution is 2.14. The molecule has 1 amide bonds. The van der Waals surface area contributed by atoms with E-state index >= 15 is 0 Å². The largest absolute Gasteiger partial charge is 0.382 e. The van der Waals surface area contributed by atoms with Crippen molar-refractivity contribution in [3.63, 3.8) is 0 Å². The highest BCUT2D eigenvalue weighted by atomic mass is 16.5. The summed E-state index contributed by atoms with van der Waals surface area (Å²) in [6.07, 6.45) is 4.25. The van der Waals surface area contributed by atoms with E-state index in [1.54, 1.807) is 6.08 Å². The summed E-state index contributed by atoms with van der Waals surface area (Å²) in [6.45, 7) is 5.74. The number of amides is 1. The lowest BCUT2D eigenvalue weighted by Crippen LogP contribution is -2.23. The summed E-state index contributed by atoms with van der Waals surface area (Å²) in [4.78, 5) is 11.7. The number of ether oxygens (including phenoxy) is 1. The molecule has 1 aromatic rings. The van der Waals surface area contributed by atoms with Crippen molar-refractivity contribution in [2.45, 2.75) is 18.9 Å². The molecule has 19 heavy (non-hydrogen) atoms. The molecule has 102 valence electrons. The molecule has 1 aromatic carbocycles. The lowest BCUT2D eigenvalue weighted by atomic mass is 10.2. The van der Waals surface area contributed by atoms with Gasteiger partial charge in [0.25, 0.3) is 5.91 Å². The Morgan fingerprint density at radius 3 is 2.84 bits per heavy atom. The molecule has 1 fully saturated rings. The van der Waals surface area contributed by atoms with E-state index in [0.29, 0.717) is 18.2 Å². The molecule has 0 spiro atoms. The van der Waals surface area contributed by atoms with Crippen LogP contribution in [0.4, 0.5) is 5.69 Å². The minimum atomic E-state index is -0.0782. The monoisotopic (exact) mass is 260 g/mol. The summed E-state index contributed by atoms with van der Waals surface area (Å²) in [6, 6.07) is 7.46. The third kappa shape index (κ3) is 4.10. The Bertz CT molecular complexity index is 422. The molecular weight excluding hydrogens is 240 g/mol. The van der Waals surface area contributed by atoms with Crippen LogP contribution in [0.2, 0.25) is 0 Å². The van der Waals surface area contributed by atoms with Gasteiger partial charge in [-0.3, -0.25) is 4.79 Å². The van der Waals surface area contributed by atoms with Crippen molar-refractivity contribution in [2.24, 2.45) is 0 Å². The maximum absolute atomic E-state index is 11.7. The van der Waals surface area contributed by atoms with Gasteiger partial charge >= 0.3 is 0 Å². The van der Waals surface area contributed by atoms with Crippen LogP contribution in [0, 0.1) is 0 Å². The summed E-state index contributed by atoms with van der Waals surface area (Å²) in [5, 5.41) is 6.07. The van der Waals surface area contributed by atoms with Gasteiger partial charge in [-0.2, -0.15) is 0 Å². The Kier molecular flexibility index (Phi) is 4.98. The van der Waals surface area contributed by atoms with Crippen LogP contribution in [0.25, 0.3) is 0 Å². The molecule has 0 saturated carbocycles. The second kappa shape index (κ2) is 6.95. The fourth-order valence-corrected chi connectivity index (χ4v) is 2.04. The molecule has 1 aliphatic heterocycles. The van der Waals surface area contributed by atoms with Crippen molar-refractivity contribution < 1.29 is 9.53 Å². The van der Waals surface area contributed by atoms with E-state index in [2.05, 4.69) is 17.2 Å². The molecule has 0 aliphatic carbocycles. The fraction of sp³-hybridized carbons (Fsp3) is 0.400. The van der Waals surface area contributed by atoms with Crippen molar-refractivity contribution in [2.75, 3.05) is 25.0 Å². The molecule has 1 aliphatic rings. The predicted molar refractivity (Wildman–Crippen MR) is 76.4 cm³/mol. The number of hydrogen-bond donors (Lipinski definition) is 2. The minimum Gasteiger partial charge on any atom is -0.382 e. The second-order valence-electron chi connectivity index (χ2n) is 4.59. The van der Waals surface area contributed by atoms with Gasteiger partial charge in [0.2, 0.25) is 0 Å². The number of nitrogens with one attached hydrogen (secondary N) is 2. The summed E-state index contributed by atoms with van der Waals surface area (Å²) in [5.74, 6) is -0.0782.